The Kier molecular flexibility index (Phi) is 12.1. The first-order chi connectivity index (χ1) is 12.7. The quantitative estimate of drug-likeness (QED) is 0.0547. The third-order valence-corrected chi connectivity index (χ3v) is 3.58. The van der Waals surface area contributed by atoms with E-state index in [-0.39, 0.29) is 23.9 Å². The van der Waals surface area contributed by atoms with Gasteiger partial charge in [-0.25, -0.2) is 0 Å². The maximum Gasteiger partial charge on any atom is 0.240 e. The highest BCUT2D eigenvalue weighted by Gasteiger charge is 2.24. The van der Waals surface area contributed by atoms with E-state index in [1.54, 1.807) is 0 Å². The number of hydrogen-bond acceptors (Lipinski definition) is 6. The molecule has 2 atom stereocenters. The SMILES string of the molecule is CC(C)N[C@@H](CCCNC(=N)N)C(=O)N[C@@H](CCCNC(N)=NO)C(N)=O. The van der Waals surface area contributed by atoms with Crippen molar-refractivity contribution in [1.29, 1.82) is 5.41 Å². The topological polar surface area (TPSA) is 217 Å². The minimum Gasteiger partial charge on any atom is -0.408 e. The zero-order chi connectivity index (χ0) is 20.8. The molecule has 0 aliphatic rings. The fourth-order valence-electron chi connectivity index (χ4n) is 2.34. The van der Waals surface area contributed by atoms with Crippen molar-refractivity contribution in [2.24, 2.45) is 22.4 Å². The normalized spacial score (nSPS) is 13.7. The van der Waals surface area contributed by atoms with E-state index in [2.05, 4.69) is 26.4 Å². The molecule has 0 saturated heterocycles. The number of hydrogen-bond donors (Lipinski definition) is 9. The molecule has 12 nitrogen and oxygen atoms in total. The van der Waals surface area contributed by atoms with Crippen molar-refractivity contribution in [3.63, 3.8) is 0 Å². The van der Waals surface area contributed by atoms with Crippen LogP contribution in [0.2, 0.25) is 0 Å². The number of rotatable bonds is 13. The molecular weight excluding hydrogens is 354 g/mol. The first kappa shape index (κ1) is 24.2. The molecule has 0 bridgehead atoms. The Morgan fingerprint density at radius 1 is 1.04 bits per heavy atom. The number of amides is 2. The van der Waals surface area contributed by atoms with E-state index in [4.69, 9.17) is 27.8 Å². The Balaban J connectivity index is 4.61. The second kappa shape index (κ2) is 13.4. The highest BCUT2D eigenvalue weighted by atomic mass is 16.4. The molecule has 0 unspecified atom stereocenters. The number of nitrogens with zero attached hydrogens (tertiary/aromatic N) is 1. The van der Waals surface area contributed by atoms with Crippen LogP contribution in [0.3, 0.4) is 0 Å². The summed E-state index contributed by atoms with van der Waals surface area (Å²) in [6.45, 7) is 4.66. The van der Waals surface area contributed by atoms with Crippen LogP contribution in [0.25, 0.3) is 0 Å². The minimum absolute atomic E-state index is 0.0680. The standard InChI is InChI=1S/C15H33N9O3/c1-9(2)22-11(6-4-7-20-14(17)18)13(26)23-10(12(16)25)5-3-8-21-15(19)24-27/h9-11,22,27H,3-8H2,1-2H3,(H2,16,25)(H,23,26)(H4,17,18,20)(H3,19,21,24)/t10-,11-/m0/s1. The predicted molar refractivity (Wildman–Crippen MR) is 103 cm³/mol. The fraction of sp³-hybridized carbons (Fsp3) is 0.733. The highest BCUT2D eigenvalue weighted by molar-refractivity contribution is 5.89. The van der Waals surface area contributed by atoms with Crippen LogP contribution < -0.4 is 38.5 Å². The molecule has 12 N–H and O–H groups in total. The Hall–Kier alpha value is -2.76. The largest absolute Gasteiger partial charge is 0.408 e. The van der Waals surface area contributed by atoms with Crippen LogP contribution in [0.15, 0.2) is 5.16 Å². The third kappa shape index (κ3) is 12.3. The van der Waals surface area contributed by atoms with Gasteiger partial charge in [0.2, 0.25) is 17.8 Å². The van der Waals surface area contributed by atoms with E-state index >= 15 is 0 Å². The number of nitrogens with two attached hydrogens (primary N) is 3. The molecular formula is C15H33N9O3. The van der Waals surface area contributed by atoms with Gasteiger partial charge in [-0.05, 0) is 25.7 Å². The summed E-state index contributed by atoms with van der Waals surface area (Å²) in [4.78, 5) is 24.2. The van der Waals surface area contributed by atoms with Crippen molar-refractivity contribution in [1.82, 2.24) is 21.3 Å². The van der Waals surface area contributed by atoms with Crippen LogP contribution in [0.1, 0.15) is 39.5 Å². The third-order valence-electron chi connectivity index (χ3n) is 3.58. The lowest BCUT2D eigenvalue weighted by Gasteiger charge is -2.23. The number of oxime groups is 1. The fourth-order valence-corrected chi connectivity index (χ4v) is 2.34. The van der Waals surface area contributed by atoms with E-state index in [0.29, 0.717) is 38.8 Å². The van der Waals surface area contributed by atoms with E-state index in [0.717, 1.165) is 0 Å². The molecule has 12 heteroatoms. The lowest BCUT2D eigenvalue weighted by molar-refractivity contribution is -0.129. The molecule has 0 aromatic heterocycles. The monoisotopic (exact) mass is 387 g/mol. The Labute approximate surface area is 159 Å². The Morgan fingerprint density at radius 2 is 1.59 bits per heavy atom. The summed E-state index contributed by atoms with van der Waals surface area (Å²) in [5, 5.41) is 29.5. The van der Waals surface area contributed by atoms with Crippen LogP contribution in [0, 0.1) is 5.41 Å². The van der Waals surface area contributed by atoms with E-state index in [1.165, 1.54) is 0 Å². The van der Waals surface area contributed by atoms with Crippen LogP contribution >= 0.6 is 0 Å². The van der Waals surface area contributed by atoms with Gasteiger partial charge in [0.05, 0.1) is 6.04 Å². The minimum atomic E-state index is -0.821. The van der Waals surface area contributed by atoms with Crippen LogP contribution in [-0.4, -0.2) is 60.2 Å². The molecule has 0 aliphatic heterocycles. The summed E-state index contributed by atoms with van der Waals surface area (Å²) >= 11 is 0. The zero-order valence-corrected chi connectivity index (χ0v) is 15.9. The summed E-state index contributed by atoms with van der Waals surface area (Å²) in [6, 6.07) is -1.26. The summed E-state index contributed by atoms with van der Waals surface area (Å²) in [5.41, 5.74) is 15.9. The number of carbonyl (C=O) groups is 2. The highest BCUT2D eigenvalue weighted by Crippen LogP contribution is 2.03. The van der Waals surface area contributed by atoms with Gasteiger partial charge in [0.1, 0.15) is 6.04 Å². The second-order valence-corrected chi connectivity index (χ2v) is 6.37. The lowest BCUT2D eigenvalue weighted by atomic mass is 10.1. The molecule has 156 valence electrons. The van der Waals surface area contributed by atoms with Gasteiger partial charge in [-0.15, -0.1) is 0 Å². The maximum absolute atomic E-state index is 12.6. The van der Waals surface area contributed by atoms with Gasteiger partial charge < -0.3 is 43.7 Å². The van der Waals surface area contributed by atoms with Crippen molar-refractivity contribution in [2.45, 2.75) is 57.7 Å². The molecule has 0 aromatic carbocycles. The summed E-state index contributed by atoms with van der Waals surface area (Å²) < 4.78 is 0. The van der Waals surface area contributed by atoms with Crippen LogP contribution in [0.5, 0.6) is 0 Å². The van der Waals surface area contributed by atoms with E-state index in [9.17, 15) is 9.59 Å². The van der Waals surface area contributed by atoms with Crippen molar-refractivity contribution in [3.05, 3.63) is 0 Å². The molecule has 0 aliphatic carbocycles. The molecule has 0 rings (SSSR count). The first-order valence-corrected chi connectivity index (χ1v) is 8.82. The summed E-state index contributed by atoms with van der Waals surface area (Å²) in [7, 11) is 0. The van der Waals surface area contributed by atoms with Gasteiger partial charge in [0.15, 0.2) is 5.96 Å². The molecule has 0 saturated carbocycles. The maximum atomic E-state index is 12.6. The Morgan fingerprint density at radius 3 is 2.07 bits per heavy atom. The molecule has 0 heterocycles. The van der Waals surface area contributed by atoms with Crippen molar-refractivity contribution in [3.8, 4) is 0 Å². The lowest BCUT2D eigenvalue weighted by Crippen LogP contribution is -2.53. The number of primary amides is 1. The molecule has 0 spiro atoms. The number of nitrogens with one attached hydrogen (secondary N) is 5. The predicted octanol–water partition coefficient (Wildman–Crippen LogP) is -2.34. The average Bonchev–Trinajstić information content (AvgIpc) is 2.58. The summed E-state index contributed by atoms with van der Waals surface area (Å²) in [6.07, 6.45) is 1.91. The Bertz CT molecular complexity index is 511. The summed E-state index contributed by atoms with van der Waals surface area (Å²) in [5.74, 6) is -1.20. The zero-order valence-electron chi connectivity index (χ0n) is 15.9. The molecule has 2 amide bonds. The average molecular weight is 387 g/mol. The van der Waals surface area contributed by atoms with Crippen LogP contribution in [-0.2, 0) is 9.59 Å². The molecule has 0 aromatic rings. The second-order valence-electron chi connectivity index (χ2n) is 6.37. The van der Waals surface area contributed by atoms with E-state index < -0.39 is 18.0 Å². The van der Waals surface area contributed by atoms with Gasteiger partial charge in [-0.1, -0.05) is 19.0 Å². The van der Waals surface area contributed by atoms with Gasteiger partial charge in [0.25, 0.3) is 0 Å². The van der Waals surface area contributed by atoms with Gasteiger partial charge in [-0.2, -0.15) is 0 Å². The molecule has 0 radical (unpaired) electrons. The molecule has 0 fully saturated rings. The van der Waals surface area contributed by atoms with Gasteiger partial charge >= 0.3 is 0 Å². The smallest absolute Gasteiger partial charge is 0.240 e. The van der Waals surface area contributed by atoms with E-state index in [1.807, 2.05) is 13.8 Å². The first-order valence-electron chi connectivity index (χ1n) is 8.82. The van der Waals surface area contributed by atoms with Crippen molar-refractivity contribution in [2.75, 3.05) is 13.1 Å². The van der Waals surface area contributed by atoms with Crippen molar-refractivity contribution < 1.29 is 14.8 Å². The molecule has 27 heavy (non-hydrogen) atoms. The van der Waals surface area contributed by atoms with Crippen LogP contribution in [0.4, 0.5) is 0 Å². The van der Waals surface area contributed by atoms with Gasteiger partial charge in [-0.3, -0.25) is 15.0 Å². The van der Waals surface area contributed by atoms with Gasteiger partial charge in [0, 0.05) is 19.1 Å². The van der Waals surface area contributed by atoms with Crippen molar-refractivity contribution >= 4 is 23.7 Å². The number of carbonyl (C=O) groups excluding carboxylic acids is 2. The number of guanidine groups is 2.